The molecule has 39 heavy (non-hydrogen) atoms. The van der Waals surface area contributed by atoms with Crippen molar-refractivity contribution in [3.63, 3.8) is 0 Å². The SMILES string of the molecule is CC[C@@H](C(=O)NC1CCCCC1)N(Cc1cccc(OC)c1)C(=O)CN(c1ccccc1F)S(=O)(=O)N(C)C. The second kappa shape index (κ2) is 13.7. The minimum Gasteiger partial charge on any atom is -0.497 e. The summed E-state index contributed by atoms with van der Waals surface area (Å²) >= 11 is 0. The molecule has 1 aliphatic carbocycles. The molecule has 1 saturated carbocycles. The smallest absolute Gasteiger partial charge is 0.304 e. The Morgan fingerprint density at radius 3 is 2.38 bits per heavy atom. The number of carbonyl (C=O) groups is 2. The van der Waals surface area contributed by atoms with E-state index in [-0.39, 0.29) is 24.2 Å². The zero-order chi connectivity index (χ0) is 28.6. The lowest BCUT2D eigenvalue weighted by molar-refractivity contribution is -0.140. The third-order valence-corrected chi connectivity index (χ3v) is 8.77. The number of amides is 2. The third-order valence-electron chi connectivity index (χ3n) is 6.96. The average Bonchev–Trinajstić information content (AvgIpc) is 2.92. The van der Waals surface area contributed by atoms with Gasteiger partial charge in [-0.05, 0) is 49.1 Å². The zero-order valence-electron chi connectivity index (χ0n) is 23.1. The summed E-state index contributed by atoms with van der Waals surface area (Å²) in [5.74, 6) is -1.11. The lowest BCUT2D eigenvalue weighted by atomic mass is 9.95. The first-order chi connectivity index (χ1) is 18.6. The van der Waals surface area contributed by atoms with E-state index in [2.05, 4.69) is 5.32 Å². The van der Waals surface area contributed by atoms with E-state index in [9.17, 15) is 22.4 Å². The molecule has 0 aromatic heterocycles. The first kappa shape index (κ1) is 30.4. The number of carbonyl (C=O) groups excluding carboxylic acids is 2. The summed E-state index contributed by atoms with van der Waals surface area (Å²) in [6.45, 7) is 1.17. The van der Waals surface area contributed by atoms with Gasteiger partial charge in [0.2, 0.25) is 11.8 Å². The molecular formula is C28H39FN4O5S. The highest BCUT2D eigenvalue weighted by molar-refractivity contribution is 7.90. The number of hydrogen-bond donors (Lipinski definition) is 1. The standard InChI is InChI=1S/C28H39FN4O5S/c1-5-25(28(35)30-22-13-7-6-8-14-22)32(19-21-12-11-15-23(18-21)38-4)27(34)20-33(39(36,37)31(2)3)26-17-10-9-16-24(26)29/h9-12,15-18,22,25H,5-8,13-14,19-20H2,1-4H3,(H,30,35)/t25-/m0/s1. The Morgan fingerprint density at radius 1 is 1.08 bits per heavy atom. The van der Waals surface area contributed by atoms with Crippen LogP contribution in [-0.2, 0) is 26.3 Å². The van der Waals surface area contributed by atoms with Gasteiger partial charge in [-0.2, -0.15) is 12.7 Å². The molecule has 1 aliphatic rings. The van der Waals surface area contributed by atoms with Crippen LogP contribution < -0.4 is 14.4 Å². The second-order valence-electron chi connectivity index (χ2n) is 9.89. The zero-order valence-corrected chi connectivity index (χ0v) is 23.9. The Bertz CT molecular complexity index is 1230. The molecule has 0 unspecified atom stereocenters. The molecule has 1 atom stereocenters. The fraction of sp³-hybridized carbons (Fsp3) is 0.500. The van der Waals surface area contributed by atoms with Crippen molar-refractivity contribution in [3.8, 4) is 5.75 Å². The molecule has 1 N–H and O–H groups in total. The van der Waals surface area contributed by atoms with Gasteiger partial charge in [0, 0.05) is 26.7 Å². The normalized spacial score (nSPS) is 15.0. The maximum Gasteiger partial charge on any atom is 0.304 e. The largest absolute Gasteiger partial charge is 0.497 e. The van der Waals surface area contributed by atoms with Crippen molar-refractivity contribution >= 4 is 27.7 Å². The van der Waals surface area contributed by atoms with Gasteiger partial charge in [0.05, 0.1) is 12.8 Å². The van der Waals surface area contributed by atoms with Crippen LogP contribution in [0.5, 0.6) is 5.75 Å². The van der Waals surface area contributed by atoms with Crippen LogP contribution in [0.25, 0.3) is 0 Å². The van der Waals surface area contributed by atoms with Gasteiger partial charge in [-0.3, -0.25) is 9.59 Å². The van der Waals surface area contributed by atoms with Crippen LogP contribution in [0, 0.1) is 5.82 Å². The molecule has 1 fully saturated rings. The molecule has 0 saturated heterocycles. The van der Waals surface area contributed by atoms with Gasteiger partial charge < -0.3 is 15.0 Å². The maximum atomic E-state index is 14.8. The Morgan fingerprint density at radius 2 is 1.77 bits per heavy atom. The number of rotatable bonds is 12. The van der Waals surface area contributed by atoms with Crippen LogP contribution in [0.15, 0.2) is 48.5 Å². The van der Waals surface area contributed by atoms with E-state index < -0.39 is 34.5 Å². The van der Waals surface area contributed by atoms with Gasteiger partial charge in [0.15, 0.2) is 0 Å². The molecule has 2 aromatic rings. The van der Waals surface area contributed by atoms with Crippen molar-refractivity contribution in [3.05, 3.63) is 59.9 Å². The Labute approximate surface area is 231 Å². The van der Waals surface area contributed by atoms with Gasteiger partial charge in [0.25, 0.3) is 0 Å². The number of halogens is 1. The van der Waals surface area contributed by atoms with E-state index in [1.165, 1.54) is 44.3 Å². The van der Waals surface area contributed by atoms with E-state index >= 15 is 0 Å². The number of benzene rings is 2. The number of anilines is 1. The monoisotopic (exact) mass is 562 g/mol. The third kappa shape index (κ3) is 7.69. The molecule has 2 amide bonds. The molecule has 11 heteroatoms. The van der Waals surface area contributed by atoms with Crippen molar-refractivity contribution in [2.24, 2.45) is 0 Å². The van der Waals surface area contributed by atoms with Gasteiger partial charge in [0.1, 0.15) is 24.2 Å². The molecule has 0 aliphatic heterocycles. The van der Waals surface area contributed by atoms with E-state index in [0.717, 1.165) is 46.8 Å². The van der Waals surface area contributed by atoms with E-state index in [1.807, 2.05) is 6.92 Å². The summed E-state index contributed by atoms with van der Waals surface area (Å²) in [5, 5.41) is 3.10. The number of nitrogens with one attached hydrogen (secondary N) is 1. The van der Waals surface area contributed by atoms with E-state index in [4.69, 9.17) is 4.74 Å². The summed E-state index contributed by atoms with van der Waals surface area (Å²) in [6.07, 6.45) is 5.29. The first-order valence-corrected chi connectivity index (χ1v) is 14.7. The quantitative estimate of drug-likeness (QED) is 0.425. The first-order valence-electron chi connectivity index (χ1n) is 13.3. The Hall–Kier alpha value is -3.18. The van der Waals surface area contributed by atoms with Crippen LogP contribution in [0.4, 0.5) is 10.1 Å². The van der Waals surface area contributed by atoms with Crippen LogP contribution >= 0.6 is 0 Å². The number of nitrogens with zero attached hydrogens (tertiary/aromatic N) is 3. The molecule has 3 rings (SSSR count). The molecule has 0 spiro atoms. The van der Waals surface area contributed by atoms with Crippen molar-refractivity contribution in [2.75, 3.05) is 32.1 Å². The van der Waals surface area contributed by atoms with Crippen LogP contribution in [0.1, 0.15) is 51.0 Å². The molecule has 214 valence electrons. The molecule has 0 bridgehead atoms. The number of ether oxygens (including phenoxy) is 1. The average molecular weight is 563 g/mol. The number of hydrogen-bond acceptors (Lipinski definition) is 5. The summed E-state index contributed by atoms with van der Waals surface area (Å²) in [6, 6.07) is 11.7. The number of para-hydroxylation sites is 1. The lowest BCUT2D eigenvalue weighted by Crippen LogP contribution is -2.54. The highest BCUT2D eigenvalue weighted by Crippen LogP contribution is 2.25. The Kier molecular flexibility index (Phi) is 10.7. The summed E-state index contributed by atoms with van der Waals surface area (Å²) < 4.78 is 48.3. The van der Waals surface area contributed by atoms with Crippen molar-refractivity contribution in [2.45, 2.75) is 64.1 Å². The van der Waals surface area contributed by atoms with Gasteiger partial charge >= 0.3 is 10.2 Å². The van der Waals surface area contributed by atoms with Crippen molar-refractivity contribution in [1.29, 1.82) is 0 Å². The number of methoxy groups -OCH3 is 1. The van der Waals surface area contributed by atoms with Crippen LogP contribution in [0.2, 0.25) is 0 Å². The van der Waals surface area contributed by atoms with Crippen molar-refractivity contribution in [1.82, 2.24) is 14.5 Å². The predicted molar refractivity (Wildman–Crippen MR) is 149 cm³/mol. The molecule has 2 aromatic carbocycles. The second-order valence-corrected chi connectivity index (χ2v) is 12.0. The summed E-state index contributed by atoms with van der Waals surface area (Å²) in [4.78, 5) is 28.8. The lowest BCUT2D eigenvalue weighted by Gasteiger charge is -2.35. The van der Waals surface area contributed by atoms with Crippen molar-refractivity contribution < 1.29 is 27.1 Å². The minimum absolute atomic E-state index is 0.0399. The van der Waals surface area contributed by atoms with Gasteiger partial charge in [-0.15, -0.1) is 0 Å². The molecule has 0 radical (unpaired) electrons. The molecule has 0 heterocycles. The molecular weight excluding hydrogens is 523 g/mol. The highest BCUT2D eigenvalue weighted by atomic mass is 32.2. The fourth-order valence-corrected chi connectivity index (χ4v) is 5.85. The van der Waals surface area contributed by atoms with Gasteiger partial charge in [-0.25, -0.2) is 8.70 Å². The van der Waals surface area contributed by atoms with E-state index in [1.54, 1.807) is 24.3 Å². The van der Waals surface area contributed by atoms with E-state index in [0.29, 0.717) is 17.7 Å². The molecule has 9 nitrogen and oxygen atoms in total. The predicted octanol–water partition coefficient (Wildman–Crippen LogP) is 3.70. The fourth-order valence-electron chi connectivity index (χ4n) is 4.79. The maximum absolute atomic E-state index is 14.8. The summed E-state index contributed by atoms with van der Waals surface area (Å²) in [7, 11) is -0.0815. The van der Waals surface area contributed by atoms with Crippen LogP contribution in [-0.4, -0.2) is 69.3 Å². The topological polar surface area (TPSA) is 99.3 Å². The van der Waals surface area contributed by atoms with Crippen LogP contribution in [0.3, 0.4) is 0 Å². The minimum atomic E-state index is -4.24. The van der Waals surface area contributed by atoms with Gasteiger partial charge in [-0.1, -0.05) is 50.5 Å². The summed E-state index contributed by atoms with van der Waals surface area (Å²) in [5.41, 5.74) is 0.458. The Balaban J connectivity index is 1.98. The highest BCUT2D eigenvalue weighted by Gasteiger charge is 2.35.